The molecule has 134 heavy (non-hydrogen) atoms. The summed E-state index contributed by atoms with van der Waals surface area (Å²) in [6.45, 7) is 0. The lowest BCUT2D eigenvalue weighted by Crippen LogP contribution is -2.04. The van der Waals surface area contributed by atoms with E-state index in [2.05, 4.69) is 470 Å². The van der Waals surface area contributed by atoms with E-state index in [1.54, 1.807) is 0 Å². The summed E-state index contributed by atoms with van der Waals surface area (Å²) in [6.07, 6.45) is 0. The Labute approximate surface area is 766 Å². The van der Waals surface area contributed by atoms with Crippen molar-refractivity contribution in [3.05, 3.63) is 449 Å². The lowest BCUT2D eigenvalue weighted by molar-refractivity contribution is 1.08. The van der Waals surface area contributed by atoms with Gasteiger partial charge in [0.05, 0.1) is 94.0 Å². The molecule has 29 aromatic rings. The van der Waals surface area contributed by atoms with Crippen molar-refractivity contribution in [2.45, 2.75) is 0 Å². The Morgan fingerprint density at radius 3 is 1.01 bits per heavy atom. The normalized spacial score (nSPS) is 12.2. The van der Waals surface area contributed by atoms with E-state index in [-0.39, 0.29) is 0 Å². The van der Waals surface area contributed by atoms with Gasteiger partial charge < -0.3 is 18.3 Å². The number of benzene rings is 21. The summed E-state index contributed by atoms with van der Waals surface area (Å²) < 4.78 is 14.6. The van der Waals surface area contributed by atoms with Crippen molar-refractivity contribution in [3.8, 4) is 90.3 Å². The molecule has 0 fully saturated rings. The molecule has 21 aromatic carbocycles. The van der Waals surface area contributed by atoms with Crippen molar-refractivity contribution in [1.29, 1.82) is 0 Å². The van der Waals surface area contributed by atoms with Gasteiger partial charge in [0, 0.05) is 98.2 Å². The quantitative estimate of drug-likeness (QED) is 0.129. The SMILES string of the molecule is c1ccc(-c2ccc(-c3cccc(-n4c5ccccc5c5c6c7cc(-c8cccc9c(-c%10nc%11ccccc%11nc%10-n%10c%11ccccc%11c%11cc(-n%12c%13ccccc%13c%13c%14c%15ccccc%15n(-c%15cccc%16ccccc%15%16)c%14ccc%13%12)ccc%11%10)cccc89)ccc7n(-c7ccc8c(c7)c7ccccc7n8-c7nc8ccccc8nc7-c7cccc8ccccc78)c6ccc54)c3)cc2)cc1. The van der Waals surface area contributed by atoms with Gasteiger partial charge in [0.15, 0.2) is 11.6 Å². The van der Waals surface area contributed by atoms with Crippen LogP contribution in [0, 0.1) is 0 Å². The first kappa shape index (κ1) is 73.9. The molecule has 0 amide bonds. The smallest absolute Gasteiger partial charge is 0.165 e. The van der Waals surface area contributed by atoms with Gasteiger partial charge in [-0.2, -0.15) is 0 Å². The maximum atomic E-state index is 5.78. The van der Waals surface area contributed by atoms with Crippen molar-refractivity contribution in [2.24, 2.45) is 0 Å². The van der Waals surface area contributed by atoms with E-state index < -0.39 is 0 Å². The molecule has 0 atom stereocenters. The first-order valence-corrected chi connectivity index (χ1v) is 45.8. The minimum Gasteiger partial charge on any atom is -0.309 e. The van der Waals surface area contributed by atoms with Crippen molar-refractivity contribution < 1.29 is 0 Å². The first-order valence-electron chi connectivity index (χ1n) is 45.8. The molecule has 0 saturated heterocycles. The molecule has 0 saturated carbocycles. The van der Waals surface area contributed by atoms with E-state index in [1.165, 1.54) is 70.6 Å². The van der Waals surface area contributed by atoms with Gasteiger partial charge in [-0.1, -0.05) is 303 Å². The van der Waals surface area contributed by atoms with Gasteiger partial charge in [-0.3, -0.25) is 9.13 Å². The van der Waals surface area contributed by atoms with Crippen LogP contribution in [0.15, 0.2) is 449 Å². The van der Waals surface area contributed by atoms with E-state index in [9.17, 15) is 0 Å². The van der Waals surface area contributed by atoms with Gasteiger partial charge in [-0.05, 0) is 206 Å². The first-order chi connectivity index (χ1) is 66.5. The Morgan fingerprint density at radius 2 is 0.470 bits per heavy atom. The van der Waals surface area contributed by atoms with Crippen LogP contribution in [0.1, 0.15) is 0 Å². The molecule has 10 heteroatoms. The third kappa shape index (κ3) is 10.8. The summed E-state index contributed by atoms with van der Waals surface area (Å²) in [5, 5.41) is 20.8. The molecule has 29 rings (SSSR count). The summed E-state index contributed by atoms with van der Waals surface area (Å²) in [6, 6.07) is 164. The zero-order chi connectivity index (χ0) is 87.5. The van der Waals surface area contributed by atoms with Gasteiger partial charge in [-0.15, -0.1) is 0 Å². The fourth-order valence-electron chi connectivity index (χ4n) is 22.6. The number of nitrogens with zero attached hydrogens (tertiary/aromatic N) is 10. The molecule has 8 aromatic heterocycles. The topological polar surface area (TPSA) is 81.1 Å². The summed E-state index contributed by atoms with van der Waals surface area (Å²) in [4.78, 5) is 22.7. The summed E-state index contributed by atoms with van der Waals surface area (Å²) >= 11 is 0. The highest BCUT2D eigenvalue weighted by atomic mass is 15.1. The molecule has 0 aliphatic heterocycles. The fraction of sp³-hybridized carbons (Fsp3) is 0. The van der Waals surface area contributed by atoms with Crippen LogP contribution in [0.5, 0.6) is 0 Å². The predicted molar refractivity (Wildman–Crippen MR) is 558 cm³/mol. The number of hydrogen-bond acceptors (Lipinski definition) is 4. The third-order valence-electron chi connectivity index (χ3n) is 28.4. The van der Waals surface area contributed by atoms with Gasteiger partial charge >= 0.3 is 0 Å². The van der Waals surface area contributed by atoms with Crippen molar-refractivity contribution >= 4 is 185 Å². The number of hydrogen-bond donors (Lipinski definition) is 0. The van der Waals surface area contributed by atoms with Crippen molar-refractivity contribution in [1.82, 2.24) is 47.3 Å². The van der Waals surface area contributed by atoms with Gasteiger partial charge in [0.2, 0.25) is 0 Å². The van der Waals surface area contributed by atoms with Crippen LogP contribution >= 0.6 is 0 Å². The second-order valence-corrected chi connectivity index (χ2v) is 35.4. The van der Waals surface area contributed by atoms with Crippen LogP contribution in [-0.4, -0.2) is 47.3 Å². The Balaban J connectivity index is 0.617. The maximum absolute atomic E-state index is 5.78. The predicted octanol–water partition coefficient (Wildman–Crippen LogP) is 32.0. The van der Waals surface area contributed by atoms with Crippen LogP contribution in [0.25, 0.3) is 275 Å². The standard InChI is InChI=1S/C124H74N10/c1-2-27-75(28-3-1)76-57-59-77(60-58-76)80-33-22-34-82(71-80)129-107-53-19-11-40-95(107)118-114(129)67-68-115-120(118)99-72-81(61-64-112(99)131(115)84-63-66-110-98(74-84)91-38-8-17-51-105(91)133(110)123-121(125-100-47-13-15-49-102(100)127-123)92-45-23-31-78-29-4-6-35-85(78)92)86-42-25-44-89-88(86)43-26-46-93(89)122-124(128-103-50-16-14-48-101(103)126-122)134-106-52-18-9-37-90(106)97-73-83(62-65-111(97)134)130-108-54-20-10-39-94(108)117-113(130)69-70-116-119(117)96-41-12-21-55-109(96)132(116)104-56-24-32-79-30-5-7-36-87(79)104/h1-74H. The zero-order valence-corrected chi connectivity index (χ0v) is 72.2. The van der Waals surface area contributed by atoms with E-state index in [0.717, 1.165) is 205 Å². The van der Waals surface area contributed by atoms with E-state index in [1.807, 2.05) is 6.07 Å². The van der Waals surface area contributed by atoms with Crippen LogP contribution in [0.4, 0.5) is 0 Å². The minimum absolute atomic E-state index is 0.750. The average Bonchev–Trinajstić information content (AvgIpc) is 1.54. The van der Waals surface area contributed by atoms with Gasteiger partial charge in [-0.25, -0.2) is 19.9 Å². The van der Waals surface area contributed by atoms with Gasteiger partial charge in [0.1, 0.15) is 11.4 Å². The van der Waals surface area contributed by atoms with E-state index in [4.69, 9.17) is 19.9 Å². The maximum Gasteiger partial charge on any atom is 0.165 e. The summed E-state index contributed by atoms with van der Waals surface area (Å²) in [7, 11) is 0. The van der Waals surface area contributed by atoms with Crippen LogP contribution in [-0.2, 0) is 0 Å². The molecule has 0 N–H and O–H groups in total. The molecule has 8 heterocycles. The van der Waals surface area contributed by atoms with Crippen LogP contribution < -0.4 is 0 Å². The molecular weight excluding hydrogens is 1630 g/mol. The Kier molecular flexibility index (Phi) is 15.8. The molecule has 0 bridgehead atoms. The van der Waals surface area contributed by atoms with Crippen LogP contribution in [0.2, 0.25) is 0 Å². The van der Waals surface area contributed by atoms with Crippen LogP contribution in [0.3, 0.4) is 0 Å². The lowest BCUT2D eigenvalue weighted by Gasteiger charge is -2.16. The molecule has 0 radical (unpaired) electrons. The highest BCUT2D eigenvalue weighted by Crippen LogP contribution is 2.50. The minimum atomic E-state index is 0.750. The Hall–Kier alpha value is -18.1. The summed E-state index contributed by atoms with van der Waals surface area (Å²) in [5.41, 5.74) is 31.3. The number of rotatable bonds is 11. The number of aromatic nitrogens is 10. The molecule has 620 valence electrons. The average molecular weight is 1700 g/mol. The Morgan fingerprint density at radius 1 is 0.149 bits per heavy atom. The second-order valence-electron chi connectivity index (χ2n) is 35.4. The van der Waals surface area contributed by atoms with E-state index >= 15 is 0 Å². The lowest BCUT2D eigenvalue weighted by atomic mass is 9.93. The fourth-order valence-corrected chi connectivity index (χ4v) is 22.6. The molecule has 0 spiro atoms. The Bertz CT molecular complexity index is 10100. The second kappa shape index (κ2) is 28.7. The summed E-state index contributed by atoms with van der Waals surface area (Å²) in [5.74, 6) is 1.52. The highest BCUT2D eigenvalue weighted by Gasteiger charge is 2.30. The molecular formula is C124H74N10. The van der Waals surface area contributed by atoms with Crippen molar-refractivity contribution in [2.75, 3.05) is 0 Å². The third-order valence-corrected chi connectivity index (χ3v) is 28.4. The monoisotopic (exact) mass is 1700 g/mol. The molecule has 0 aliphatic carbocycles. The molecule has 0 unspecified atom stereocenters. The largest absolute Gasteiger partial charge is 0.309 e. The zero-order valence-electron chi connectivity index (χ0n) is 72.2. The van der Waals surface area contributed by atoms with Gasteiger partial charge in [0.25, 0.3) is 0 Å². The van der Waals surface area contributed by atoms with E-state index in [0.29, 0.717) is 0 Å². The molecule has 0 aliphatic rings. The molecule has 10 nitrogen and oxygen atoms in total. The number of para-hydroxylation sites is 9. The highest BCUT2D eigenvalue weighted by molar-refractivity contribution is 6.32. The van der Waals surface area contributed by atoms with Crippen molar-refractivity contribution in [3.63, 3.8) is 0 Å². The number of fused-ring (bicyclic) bond motifs is 25.